The van der Waals surface area contributed by atoms with Crippen molar-refractivity contribution in [2.24, 2.45) is 5.73 Å². The van der Waals surface area contributed by atoms with Crippen molar-refractivity contribution in [2.45, 2.75) is 12.8 Å². The number of hydrogen-bond donors (Lipinski definition) is 3. The number of nitrogens with one attached hydrogen (secondary N) is 2. The molecule has 0 bridgehead atoms. The van der Waals surface area contributed by atoms with E-state index in [4.69, 9.17) is 11.1 Å². The van der Waals surface area contributed by atoms with Crippen LogP contribution in [0.4, 0.5) is 0 Å². The highest BCUT2D eigenvalue weighted by molar-refractivity contribution is 5.80. The first-order valence-electron chi connectivity index (χ1n) is 4.05. The molecule has 0 fully saturated rings. The van der Waals surface area contributed by atoms with Crippen LogP contribution >= 0.6 is 0 Å². The number of aromatic amines is 1. The molecule has 4 N–H and O–H groups in total. The lowest BCUT2D eigenvalue weighted by molar-refractivity contribution is 0.938. The molecule has 0 spiro atoms. The Hall–Kier alpha value is -1.78. The number of nitrogen functional groups attached to an aromatic ring is 1. The molecule has 0 saturated heterocycles. The summed E-state index contributed by atoms with van der Waals surface area (Å²) in [5.41, 5.74) is 6.52. The van der Waals surface area contributed by atoms with Crippen LogP contribution in [-0.2, 0) is 6.42 Å². The van der Waals surface area contributed by atoms with E-state index in [0.29, 0.717) is 5.69 Å². The molecule has 5 heteroatoms. The number of allylic oxidation sites excluding steroid dienone is 1. The third-order valence-electron chi connectivity index (χ3n) is 2.09. The first-order valence-corrected chi connectivity index (χ1v) is 4.05. The van der Waals surface area contributed by atoms with Crippen LogP contribution in [0.25, 0.3) is 6.08 Å². The van der Waals surface area contributed by atoms with Crippen molar-refractivity contribution in [3.63, 3.8) is 0 Å². The fraction of sp³-hybridized carbons (Fsp3) is 0.250. The van der Waals surface area contributed by atoms with Gasteiger partial charge in [0.15, 0.2) is 0 Å². The summed E-state index contributed by atoms with van der Waals surface area (Å²) in [6, 6.07) is 0. The van der Waals surface area contributed by atoms with E-state index < -0.39 is 0 Å². The summed E-state index contributed by atoms with van der Waals surface area (Å²) in [5.74, 6) is -0.242. The van der Waals surface area contributed by atoms with Gasteiger partial charge in [0.25, 0.3) is 0 Å². The summed E-state index contributed by atoms with van der Waals surface area (Å²) in [5, 5.41) is 7.22. The molecule has 1 heterocycles. The molecule has 0 saturated carbocycles. The van der Waals surface area contributed by atoms with E-state index in [9.17, 15) is 4.79 Å². The van der Waals surface area contributed by atoms with Gasteiger partial charge in [0, 0.05) is 5.69 Å². The zero-order chi connectivity index (χ0) is 9.42. The van der Waals surface area contributed by atoms with Crippen molar-refractivity contribution in [3.8, 4) is 0 Å². The number of rotatable bonds is 0. The molecule has 1 aliphatic carbocycles. The summed E-state index contributed by atoms with van der Waals surface area (Å²) >= 11 is 0. The number of H-pyrrole nitrogens is 1. The molecule has 1 aromatic heterocycles. The van der Waals surface area contributed by atoms with Crippen LogP contribution < -0.4 is 11.4 Å². The van der Waals surface area contributed by atoms with Gasteiger partial charge in [0.05, 0.1) is 5.69 Å². The first-order chi connectivity index (χ1) is 6.20. The summed E-state index contributed by atoms with van der Waals surface area (Å²) in [4.78, 5) is 14.0. The number of hydrogen-bond acceptors (Lipinski definition) is 2. The zero-order valence-corrected chi connectivity index (χ0v) is 7.00. The number of imidazole rings is 1. The lowest BCUT2D eigenvalue weighted by atomic mass is 10.1. The van der Waals surface area contributed by atoms with Gasteiger partial charge in [0.1, 0.15) is 0 Å². The highest BCUT2D eigenvalue weighted by Gasteiger charge is 2.14. The maximum Gasteiger partial charge on any atom is 0.333 e. The molecule has 0 aromatic carbocycles. The van der Waals surface area contributed by atoms with Gasteiger partial charge >= 0.3 is 5.69 Å². The Labute approximate surface area is 74.4 Å². The molecule has 0 unspecified atom stereocenters. The Balaban J connectivity index is 2.70. The van der Waals surface area contributed by atoms with E-state index >= 15 is 0 Å². The molecule has 2 rings (SSSR count). The number of aryl methyl sites for hydroxylation is 1. The third kappa shape index (κ3) is 1.09. The van der Waals surface area contributed by atoms with E-state index in [1.54, 1.807) is 0 Å². The van der Waals surface area contributed by atoms with E-state index in [1.807, 2.05) is 12.2 Å². The van der Waals surface area contributed by atoms with Crippen molar-refractivity contribution < 1.29 is 0 Å². The van der Waals surface area contributed by atoms with Crippen molar-refractivity contribution in [2.75, 3.05) is 0 Å². The number of aromatic nitrogens is 2. The van der Waals surface area contributed by atoms with E-state index in [1.165, 1.54) is 4.57 Å². The van der Waals surface area contributed by atoms with Crippen LogP contribution in [0.1, 0.15) is 17.8 Å². The molecule has 5 nitrogen and oxygen atoms in total. The Morgan fingerprint density at radius 3 is 3.15 bits per heavy atom. The molecule has 1 aliphatic rings. The fourth-order valence-corrected chi connectivity index (χ4v) is 1.52. The monoisotopic (exact) mass is 178 g/mol. The zero-order valence-electron chi connectivity index (χ0n) is 7.00. The van der Waals surface area contributed by atoms with Gasteiger partial charge in [-0.1, -0.05) is 6.08 Å². The largest absolute Gasteiger partial charge is 0.369 e. The van der Waals surface area contributed by atoms with Crippen molar-refractivity contribution in [1.29, 1.82) is 5.41 Å². The standard InChI is InChI=1S/C8H10N4O/c9-7(10)12-6-4-2-1-3-5(6)11-8(12)13/h2,4H,1,3H2,(H3,9,10)(H,11,13). The second-order valence-corrected chi connectivity index (χ2v) is 2.96. The van der Waals surface area contributed by atoms with E-state index in [-0.39, 0.29) is 11.6 Å². The normalized spacial score (nSPS) is 14.2. The molecular weight excluding hydrogens is 168 g/mol. The minimum Gasteiger partial charge on any atom is -0.369 e. The number of nitrogens with two attached hydrogens (primary N) is 1. The average molecular weight is 178 g/mol. The lowest BCUT2D eigenvalue weighted by Gasteiger charge is -2.06. The predicted octanol–water partition coefficient (Wildman–Crippen LogP) is -0.123. The molecule has 0 aliphatic heterocycles. The summed E-state index contributed by atoms with van der Waals surface area (Å²) < 4.78 is 1.17. The van der Waals surface area contributed by atoms with Crippen LogP contribution in [0, 0.1) is 5.41 Å². The topological polar surface area (TPSA) is 87.7 Å². The van der Waals surface area contributed by atoms with Crippen molar-refractivity contribution in [1.82, 2.24) is 9.55 Å². The second kappa shape index (κ2) is 2.62. The Bertz CT molecular complexity index is 437. The second-order valence-electron chi connectivity index (χ2n) is 2.96. The van der Waals surface area contributed by atoms with Gasteiger partial charge < -0.3 is 10.7 Å². The Kier molecular flexibility index (Phi) is 1.58. The van der Waals surface area contributed by atoms with Gasteiger partial charge in [-0.15, -0.1) is 0 Å². The highest BCUT2D eigenvalue weighted by Crippen LogP contribution is 2.14. The maximum absolute atomic E-state index is 11.3. The van der Waals surface area contributed by atoms with Crippen LogP contribution in [0.5, 0.6) is 0 Å². The van der Waals surface area contributed by atoms with Gasteiger partial charge in [-0.3, -0.25) is 5.41 Å². The maximum atomic E-state index is 11.3. The first kappa shape index (κ1) is 7.85. The SMILES string of the molecule is N=C(N)n1c2c([nH]c1=O)CCC=C2. The molecular formula is C8H10N4O. The molecule has 0 amide bonds. The summed E-state index contributed by atoms with van der Waals surface area (Å²) in [6.07, 6.45) is 5.51. The summed E-state index contributed by atoms with van der Waals surface area (Å²) in [6.45, 7) is 0. The molecule has 0 atom stereocenters. The van der Waals surface area contributed by atoms with Gasteiger partial charge in [-0.2, -0.15) is 0 Å². The third-order valence-corrected chi connectivity index (χ3v) is 2.09. The predicted molar refractivity (Wildman–Crippen MR) is 49.7 cm³/mol. The molecule has 68 valence electrons. The molecule has 0 radical (unpaired) electrons. The summed E-state index contributed by atoms with van der Waals surface area (Å²) in [7, 11) is 0. The van der Waals surface area contributed by atoms with E-state index in [2.05, 4.69) is 4.98 Å². The van der Waals surface area contributed by atoms with Crippen molar-refractivity contribution >= 4 is 12.0 Å². The number of nitrogens with zero attached hydrogens (tertiary/aromatic N) is 1. The van der Waals surface area contributed by atoms with E-state index in [0.717, 1.165) is 18.5 Å². The van der Waals surface area contributed by atoms with Crippen LogP contribution in [0.3, 0.4) is 0 Å². The van der Waals surface area contributed by atoms with Gasteiger partial charge in [-0.25, -0.2) is 9.36 Å². The van der Waals surface area contributed by atoms with Crippen molar-refractivity contribution in [3.05, 3.63) is 27.9 Å². The van der Waals surface area contributed by atoms with Gasteiger partial charge in [0.2, 0.25) is 5.96 Å². The smallest absolute Gasteiger partial charge is 0.333 e. The quantitative estimate of drug-likeness (QED) is 0.382. The Morgan fingerprint density at radius 1 is 1.69 bits per heavy atom. The van der Waals surface area contributed by atoms with Crippen LogP contribution in [0.15, 0.2) is 10.9 Å². The molecule has 13 heavy (non-hydrogen) atoms. The molecule has 1 aromatic rings. The van der Waals surface area contributed by atoms with Crippen LogP contribution in [-0.4, -0.2) is 15.5 Å². The van der Waals surface area contributed by atoms with Gasteiger partial charge in [-0.05, 0) is 18.9 Å². The minimum atomic E-state index is -0.330. The lowest BCUT2D eigenvalue weighted by Crippen LogP contribution is -2.31. The minimum absolute atomic E-state index is 0.242. The Morgan fingerprint density at radius 2 is 2.46 bits per heavy atom. The number of fused-ring (bicyclic) bond motifs is 1. The highest BCUT2D eigenvalue weighted by atomic mass is 16.1. The fourth-order valence-electron chi connectivity index (χ4n) is 1.52. The van der Waals surface area contributed by atoms with Crippen LogP contribution in [0.2, 0.25) is 0 Å². The average Bonchev–Trinajstić information content (AvgIpc) is 2.39.